The van der Waals surface area contributed by atoms with Crippen LogP contribution in [0.4, 0.5) is 0 Å². The number of H-pyrrole nitrogens is 1. The van der Waals surface area contributed by atoms with Crippen molar-refractivity contribution in [2.24, 2.45) is 0 Å². The first-order valence-corrected chi connectivity index (χ1v) is 10.0. The maximum atomic E-state index is 12.5. The predicted octanol–water partition coefficient (Wildman–Crippen LogP) is 3.06. The van der Waals surface area contributed by atoms with Gasteiger partial charge < -0.3 is 14.8 Å². The van der Waals surface area contributed by atoms with Gasteiger partial charge >= 0.3 is 0 Å². The molecule has 0 bridgehead atoms. The van der Waals surface area contributed by atoms with E-state index in [-0.39, 0.29) is 18.1 Å². The first-order valence-electron chi connectivity index (χ1n) is 9.14. The molecule has 0 atom stereocenters. The third-order valence-corrected chi connectivity index (χ3v) is 5.61. The Morgan fingerprint density at radius 3 is 2.71 bits per heavy atom. The van der Waals surface area contributed by atoms with Crippen molar-refractivity contribution in [2.45, 2.75) is 37.8 Å². The number of aromatic nitrogens is 4. The van der Waals surface area contributed by atoms with Crippen LogP contribution in [-0.2, 0) is 0 Å². The van der Waals surface area contributed by atoms with Crippen LogP contribution in [0.5, 0.6) is 11.8 Å². The van der Waals surface area contributed by atoms with Gasteiger partial charge in [-0.2, -0.15) is 5.10 Å². The minimum atomic E-state index is -0.154. The minimum absolute atomic E-state index is 0.0366. The Bertz CT molecular complexity index is 919. The van der Waals surface area contributed by atoms with E-state index in [2.05, 4.69) is 25.5 Å². The normalized spacial score (nSPS) is 19.2. The topological polar surface area (TPSA) is 102 Å². The number of rotatable bonds is 6. The molecule has 3 aromatic heterocycles. The molecular formula is C19H21N5O3S. The molecule has 1 aliphatic rings. The van der Waals surface area contributed by atoms with E-state index in [0.717, 1.165) is 36.3 Å². The fraction of sp³-hybridized carbons (Fsp3) is 0.368. The number of carbonyl (C=O) groups is 1. The molecule has 146 valence electrons. The van der Waals surface area contributed by atoms with Gasteiger partial charge in [0.25, 0.3) is 17.7 Å². The minimum Gasteiger partial charge on any atom is -0.477 e. The average molecular weight is 399 g/mol. The lowest BCUT2D eigenvalue weighted by molar-refractivity contribution is 0.0881. The molecule has 4 rings (SSSR count). The highest BCUT2D eigenvalue weighted by Gasteiger charge is 2.26. The number of aromatic amines is 1. The Morgan fingerprint density at radius 2 is 2.00 bits per heavy atom. The average Bonchev–Trinajstić information content (AvgIpc) is 3.42. The zero-order chi connectivity index (χ0) is 19.3. The van der Waals surface area contributed by atoms with Gasteiger partial charge in [-0.3, -0.25) is 9.89 Å². The van der Waals surface area contributed by atoms with Crippen molar-refractivity contribution in [1.82, 2.24) is 25.5 Å². The standard InChI is InChI=1S/C19H21N5O3S/c1-26-18-19(21-9-8-20-18)27-13-6-4-12(5-7-13)22-17(25)15-11-14(23-24-15)16-3-2-10-28-16/h2-3,8-13H,4-7H2,1H3,(H,22,25)(H,23,24). The van der Waals surface area contributed by atoms with Crippen LogP contribution in [0.3, 0.4) is 0 Å². The summed E-state index contributed by atoms with van der Waals surface area (Å²) in [6.07, 6.45) is 6.50. The highest BCUT2D eigenvalue weighted by Crippen LogP contribution is 2.27. The smallest absolute Gasteiger partial charge is 0.278 e. The summed E-state index contributed by atoms with van der Waals surface area (Å²) in [6, 6.07) is 5.86. The molecule has 0 spiro atoms. The molecule has 0 aliphatic heterocycles. The van der Waals surface area contributed by atoms with E-state index in [1.165, 1.54) is 0 Å². The number of methoxy groups -OCH3 is 1. The van der Waals surface area contributed by atoms with Gasteiger partial charge in [-0.05, 0) is 43.2 Å². The van der Waals surface area contributed by atoms with E-state index in [1.807, 2.05) is 17.5 Å². The molecule has 0 unspecified atom stereocenters. The predicted molar refractivity (Wildman–Crippen MR) is 105 cm³/mol. The van der Waals surface area contributed by atoms with Gasteiger partial charge in [0.15, 0.2) is 5.69 Å². The van der Waals surface area contributed by atoms with E-state index >= 15 is 0 Å². The Balaban J connectivity index is 1.29. The number of thiophene rings is 1. The molecule has 2 N–H and O–H groups in total. The number of nitrogens with one attached hydrogen (secondary N) is 2. The summed E-state index contributed by atoms with van der Waals surface area (Å²) in [7, 11) is 1.54. The fourth-order valence-corrected chi connectivity index (χ4v) is 3.96. The Morgan fingerprint density at radius 1 is 1.21 bits per heavy atom. The molecule has 3 heterocycles. The monoisotopic (exact) mass is 399 g/mol. The highest BCUT2D eigenvalue weighted by molar-refractivity contribution is 7.13. The van der Waals surface area contributed by atoms with Crippen molar-refractivity contribution in [3.05, 3.63) is 41.7 Å². The van der Waals surface area contributed by atoms with Crippen LogP contribution in [-0.4, -0.2) is 45.3 Å². The van der Waals surface area contributed by atoms with Crippen LogP contribution in [0.15, 0.2) is 36.0 Å². The van der Waals surface area contributed by atoms with Crippen LogP contribution >= 0.6 is 11.3 Å². The number of carbonyl (C=O) groups excluding carboxylic acids is 1. The van der Waals surface area contributed by atoms with E-state index < -0.39 is 0 Å². The maximum Gasteiger partial charge on any atom is 0.278 e. The van der Waals surface area contributed by atoms with Crippen LogP contribution in [0.25, 0.3) is 10.6 Å². The van der Waals surface area contributed by atoms with Gasteiger partial charge in [0, 0.05) is 18.4 Å². The van der Waals surface area contributed by atoms with Crippen molar-refractivity contribution in [2.75, 3.05) is 7.11 Å². The molecular weight excluding hydrogens is 378 g/mol. The zero-order valence-electron chi connectivity index (χ0n) is 15.4. The van der Waals surface area contributed by atoms with E-state index in [9.17, 15) is 4.79 Å². The SMILES string of the molecule is COc1nccnc1OC1CCC(NC(=O)c2cc(-c3cccs3)[nH]n2)CC1. The number of amides is 1. The number of hydrogen-bond donors (Lipinski definition) is 2. The van der Waals surface area contributed by atoms with Crippen LogP contribution in [0.1, 0.15) is 36.2 Å². The second-order valence-electron chi connectivity index (χ2n) is 6.58. The molecule has 1 fully saturated rings. The third-order valence-electron chi connectivity index (χ3n) is 4.71. The van der Waals surface area contributed by atoms with Gasteiger partial charge in [-0.25, -0.2) is 9.97 Å². The Hall–Kier alpha value is -2.94. The summed E-state index contributed by atoms with van der Waals surface area (Å²) in [4.78, 5) is 21.8. The van der Waals surface area contributed by atoms with Gasteiger partial charge in [-0.15, -0.1) is 11.3 Å². The highest BCUT2D eigenvalue weighted by atomic mass is 32.1. The number of hydrogen-bond acceptors (Lipinski definition) is 7. The molecule has 28 heavy (non-hydrogen) atoms. The van der Waals surface area contributed by atoms with E-state index in [0.29, 0.717) is 17.5 Å². The summed E-state index contributed by atoms with van der Waals surface area (Å²) < 4.78 is 11.1. The number of ether oxygens (including phenoxy) is 2. The van der Waals surface area contributed by atoms with Crippen molar-refractivity contribution in [1.29, 1.82) is 0 Å². The van der Waals surface area contributed by atoms with Crippen molar-refractivity contribution >= 4 is 17.2 Å². The molecule has 9 heteroatoms. The summed E-state index contributed by atoms with van der Waals surface area (Å²) in [5, 5.41) is 12.1. The molecule has 1 aliphatic carbocycles. The Kier molecular flexibility index (Phi) is 5.52. The summed E-state index contributed by atoms with van der Waals surface area (Å²) in [5.41, 5.74) is 1.27. The second kappa shape index (κ2) is 8.39. The molecule has 1 saturated carbocycles. The first kappa shape index (κ1) is 18.4. The fourth-order valence-electron chi connectivity index (χ4n) is 3.27. The Labute approximate surface area is 166 Å². The lowest BCUT2D eigenvalue weighted by Crippen LogP contribution is -2.39. The van der Waals surface area contributed by atoms with Crippen molar-refractivity contribution < 1.29 is 14.3 Å². The van der Waals surface area contributed by atoms with Crippen LogP contribution in [0, 0.1) is 0 Å². The molecule has 1 amide bonds. The van der Waals surface area contributed by atoms with Gasteiger partial charge in [0.1, 0.15) is 6.10 Å². The first-order chi connectivity index (χ1) is 13.7. The van der Waals surface area contributed by atoms with Crippen molar-refractivity contribution in [3.8, 4) is 22.3 Å². The lowest BCUT2D eigenvalue weighted by atomic mass is 9.93. The van der Waals surface area contributed by atoms with Crippen molar-refractivity contribution in [3.63, 3.8) is 0 Å². The quantitative estimate of drug-likeness (QED) is 0.660. The van der Waals surface area contributed by atoms with E-state index in [1.54, 1.807) is 36.9 Å². The molecule has 0 aromatic carbocycles. The largest absolute Gasteiger partial charge is 0.477 e. The second-order valence-corrected chi connectivity index (χ2v) is 7.53. The van der Waals surface area contributed by atoms with Gasteiger partial charge in [-0.1, -0.05) is 6.07 Å². The zero-order valence-corrected chi connectivity index (χ0v) is 16.2. The third kappa shape index (κ3) is 4.14. The summed E-state index contributed by atoms with van der Waals surface area (Å²) in [6.45, 7) is 0. The molecule has 0 saturated heterocycles. The van der Waals surface area contributed by atoms with Crippen LogP contribution < -0.4 is 14.8 Å². The van der Waals surface area contributed by atoms with Gasteiger partial charge in [0.2, 0.25) is 0 Å². The molecule has 8 nitrogen and oxygen atoms in total. The lowest BCUT2D eigenvalue weighted by Gasteiger charge is -2.29. The van der Waals surface area contributed by atoms with E-state index in [4.69, 9.17) is 9.47 Å². The maximum absolute atomic E-state index is 12.5. The molecule has 3 aromatic rings. The molecule has 0 radical (unpaired) electrons. The van der Waals surface area contributed by atoms with Gasteiger partial charge in [0.05, 0.1) is 17.7 Å². The van der Waals surface area contributed by atoms with Crippen LogP contribution in [0.2, 0.25) is 0 Å². The number of nitrogens with zero attached hydrogens (tertiary/aromatic N) is 3. The summed E-state index contributed by atoms with van der Waals surface area (Å²) in [5.74, 6) is 0.645. The summed E-state index contributed by atoms with van der Waals surface area (Å²) >= 11 is 1.60.